The molecule has 0 heterocycles. The van der Waals surface area contributed by atoms with Crippen LogP contribution in [0.2, 0.25) is 0 Å². The monoisotopic (exact) mass is 307 g/mol. The molecule has 0 aliphatic heterocycles. The summed E-state index contributed by atoms with van der Waals surface area (Å²) in [6.45, 7) is 0. The number of carbonyl (C=O) groups is 1. The topological polar surface area (TPSA) is 40.9 Å². The van der Waals surface area contributed by atoms with E-state index in [1.165, 1.54) is 0 Å². The number of rotatable bonds is 0. The summed E-state index contributed by atoms with van der Waals surface area (Å²) >= 11 is 0. The Hall–Kier alpha value is -3.26. The summed E-state index contributed by atoms with van der Waals surface area (Å²) in [7, 11) is 0. The van der Waals surface area contributed by atoms with Gasteiger partial charge in [-0.25, -0.2) is 0 Å². The van der Waals surface area contributed by atoms with Crippen molar-refractivity contribution in [1.29, 1.82) is 5.41 Å². The van der Waals surface area contributed by atoms with Crippen molar-refractivity contribution < 1.29 is 4.79 Å². The van der Waals surface area contributed by atoms with Crippen LogP contribution in [0.5, 0.6) is 0 Å². The van der Waals surface area contributed by atoms with Gasteiger partial charge in [0.2, 0.25) is 0 Å². The van der Waals surface area contributed by atoms with E-state index >= 15 is 0 Å². The molecule has 1 aliphatic rings. The predicted molar refractivity (Wildman–Crippen MR) is 97.3 cm³/mol. The standard InChI is InChI=1S/C22H13NO/c23-21-17-9-13-5-1-3-7-15(13)11-19(17)22(24)20-12-16-8-4-2-6-14(16)10-18(20)21/h1-12,23H. The van der Waals surface area contributed by atoms with Gasteiger partial charge >= 0.3 is 0 Å². The maximum absolute atomic E-state index is 13.0. The smallest absolute Gasteiger partial charge is 0.194 e. The molecule has 0 aromatic heterocycles. The summed E-state index contributed by atoms with van der Waals surface area (Å²) in [6, 6.07) is 23.7. The van der Waals surface area contributed by atoms with Gasteiger partial charge < -0.3 is 0 Å². The Morgan fingerprint density at radius 3 is 1.25 bits per heavy atom. The molecule has 2 nitrogen and oxygen atoms in total. The molecule has 1 N–H and O–H groups in total. The maximum Gasteiger partial charge on any atom is 0.194 e. The summed E-state index contributed by atoms with van der Waals surface area (Å²) in [6.07, 6.45) is 0. The minimum atomic E-state index is 0.00695. The molecule has 1 aliphatic carbocycles. The normalized spacial score (nSPS) is 13.2. The number of nitrogens with one attached hydrogen (secondary N) is 1. The van der Waals surface area contributed by atoms with E-state index in [4.69, 9.17) is 5.41 Å². The highest BCUT2D eigenvalue weighted by molar-refractivity contribution is 6.31. The third kappa shape index (κ3) is 1.71. The highest BCUT2D eigenvalue weighted by Crippen LogP contribution is 2.32. The molecule has 4 aromatic rings. The highest BCUT2D eigenvalue weighted by Gasteiger charge is 2.28. The predicted octanol–water partition coefficient (Wildman–Crippen LogP) is 4.95. The van der Waals surface area contributed by atoms with Crippen molar-refractivity contribution in [2.45, 2.75) is 0 Å². The van der Waals surface area contributed by atoms with Crippen LogP contribution in [-0.2, 0) is 0 Å². The summed E-state index contributed by atoms with van der Waals surface area (Å²) in [5.41, 5.74) is 3.13. The fourth-order valence-electron chi connectivity index (χ4n) is 3.56. The number of fused-ring (bicyclic) bond motifs is 4. The third-order valence-electron chi connectivity index (χ3n) is 4.80. The van der Waals surface area contributed by atoms with Gasteiger partial charge in [0, 0.05) is 22.3 Å². The molecule has 0 fully saturated rings. The van der Waals surface area contributed by atoms with Gasteiger partial charge in [-0.05, 0) is 45.8 Å². The van der Waals surface area contributed by atoms with E-state index in [-0.39, 0.29) is 5.78 Å². The molecule has 112 valence electrons. The van der Waals surface area contributed by atoms with Crippen LogP contribution in [-0.4, -0.2) is 11.5 Å². The second-order valence-electron chi connectivity index (χ2n) is 6.19. The van der Waals surface area contributed by atoms with Gasteiger partial charge in [-0.15, -0.1) is 0 Å². The fraction of sp³-hybridized carbons (Fsp3) is 0. The number of hydrogen-bond acceptors (Lipinski definition) is 2. The summed E-state index contributed by atoms with van der Waals surface area (Å²) in [4.78, 5) is 13.0. The molecule has 0 atom stereocenters. The second-order valence-corrected chi connectivity index (χ2v) is 6.19. The van der Waals surface area contributed by atoms with Gasteiger partial charge in [0.15, 0.2) is 5.78 Å². The lowest BCUT2D eigenvalue weighted by molar-refractivity contribution is 0.103. The average Bonchev–Trinajstić information content (AvgIpc) is 2.64. The largest absolute Gasteiger partial charge is 0.300 e. The SMILES string of the molecule is N=C1c2cc3ccccc3cc2C(=O)c2cc3ccccc3cc21. The summed E-state index contributed by atoms with van der Waals surface area (Å²) in [5, 5.41) is 12.8. The van der Waals surface area contributed by atoms with E-state index in [1.807, 2.05) is 72.8 Å². The number of ketones is 1. The van der Waals surface area contributed by atoms with Crippen LogP contribution in [0.25, 0.3) is 21.5 Å². The van der Waals surface area contributed by atoms with Crippen LogP contribution in [0.1, 0.15) is 27.0 Å². The van der Waals surface area contributed by atoms with E-state index in [2.05, 4.69) is 0 Å². The first-order valence-corrected chi connectivity index (χ1v) is 7.92. The lowest BCUT2D eigenvalue weighted by Gasteiger charge is -2.21. The first-order chi connectivity index (χ1) is 11.7. The second kappa shape index (κ2) is 4.62. The van der Waals surface area contributed by atoms with Crippen molar-refractivity contribution in [3.05, 3.63) is 95.1 Å². The summed E-state index contributed by atoms with van der Waals surface area (Å²) < 4.78 is 0. The van der Waals surface area contributed by atoms with Gasteiger partial charge in [-0.2, -0.15) is 0 Å². The molecule has 2 heteroatoms. The molecule has 4 aromatic carbocycles. The molecular weight excluding hydrogens is 294 g/mol. The van der Waals surface area contributed by atoms with Crippen molar-refractivity contribution in [2.75, 3.05) is 0 Å². The zero-order valence-corrected chi connectivity index (χ0v) is 12.8. The molecule has 0 spiro atoms. The molecule has 0 amide bonds. The quantitative estimate of drug-likeness (QED) is 0.432. The van der Waals surface area contributed by atoms with Crippen molar-refractivity contribution in [2.24, 2.45) is 0 Å². The van der Waals surface area contributed by atoms with E-state index < -0.39 is 0 Å². The van der Waals surface area contributed by atoms with Crippen LogP contribution in [0.3, 0.4) is 0 Å². The van der Waals surface area contributed by atoms with Gasteiger partial charge in [-0.3, -0.25) is 10.2 Å². The van der Waals surface area contributed by atoms with E-state index in [9.17, 15) is 4.79 Å². The third-order valence-corrected chi connectivity index (χ3v) is 4.80. The van der Waals surface area contributed by atoms with Crippen molar-refractivity contribution in [3.63, 3.8) is 0 Å². The zero-order chi connectivity index (χ0) is 16.3. The van der Waals surface area contributed by atoms with Crippen LogP contribution >= 0.6 is 0 Å². The van der Waals surface area contributed by atoms with Crippen molar-refractivity contribution in [1.82, 2.24) is 0 Å². The Morgan fingerprint density at radius 1 is 0.542 bits per heavy atom. The van der Waals surface area contributed by atoms with Gasteiger partial charge in [0.1, 0.15) is 0 Å². The Bertz CT molecular complexity index is 1000. The van der Waals surface area contributed by atoms with Crippen LogP contribution in [0.15, 0.2) is 72.8 Å². The highest BCUT2D eigenvalue weighted by atomic mass is 16.1. The molecule has 0 saturated carbocycles. The molecule has 0 bridgehead atoms. The number of carbonyl (C=O) groups excluding carboxylic acids is 1. The minimum absolute atomic E-state index is 0.00695. The molecular formula is C22H13NO. The Morgan fingerprint density at radius 2 is 0.875 bits per heavy atom. The van der Waals surface area contributed by atoms with Crippen LogP contribution in [0.4, 0.5) is 0 Å². The average molecular weight is 307 g/mol. The summed E-state index contributed by atoms with van der Waals surface area (Å²) in [5.74, 6) is 0.00695. The Balaban J connectivity index is 1.84. The van der Waals surface area contributed by atoms with Crippen LogP contribution < -0.4 is 0 Å². The molecule has 24 heavy (non-hydrogen) atoms. The van der Waals surface area contributed by atoms with Crippen LogP contribution in [0, 0.1) is 5.41 Å². The first kappa shape index (κ1) is 13.2. The first-order valence-electron chi connectivity index (χ1n) is 7.92. The Labute approximate surface area is 138 Å². The van der Waals surface area contributed by atoms with Crippen molar-refractivity contribution >= 4 is 33.0 Å². The maximum atomic E-state index is 13.0. The van der Waals surface area contributed by atoms with Gasteiger partial charge in [-0.1, -0.05) is 48.5 Å². The zero-order valence-electron chi connectivity index (χ0n) is 12.8. The Kier molecular flexibility index (Phi) is 2.54. The van der Waals surface area contributed by atoms with E-state index in [1.54, 1.807) is 0 Å². The molecule has 5 rings (SSSR count). The number of hydrogen-bond donors (Lipinski definition) is 1. The van der Waals surface area contributed by atoms with Gasteiger partial charge in [0.05, 0.1) is 5.71 Å². The molecule has 0 radical (unpaired) electrons. The minimum Gasteiger partial charge on any atom is -0.300 e. The number of benzene rings is 4. The molecule has 0 saturated heterocycles. The van der Waals surface area contributed by atoms with E-state index in [0.29, 0.717) is 16.8 Å². The lowest BCUT2D eigenvalue weighted by atomic mass is 9.81. The van der Waals surface area contributed by atoms with E-state index in [0.717, 1.165) is 32.7 Å². The lowest BCUT2D eigenvalue weighted by Crippen LogP contribution is -2.20. The molecule has 0 unspecified atom stereocenters. The fourth-order valence-corrected chi connectivity index (χ4v) is 3.56. The van der Waals surface area contributed by atoms with Crippen molar-refractivity contribution in [3.8, 4) is 0 Å². The van der Waals surface area contributed by atoms with Gasteiger partial charge in [0.25, 0.3) is 0 Å².